The van der Waals surface area contributed by atoms with Crippen molar-refractivity contribution in [3.63, 3.8) is 0 Å². The Morgan fingerprint density at radius 2 is 1.81 bits per heavy atom. The van der Waals surface area contributed by atoms with Crippen molar-refractivity contribution >= 4 is 26.8 Å². The topological polar surface area (TPSA) is 108 Å². The number of pyridine rings is 1. The minimum atomic E-state index is -3.98. The maximum Gasteiger partial charge on any atom is 0.248 e. The number of nitrogens with one attached hydrogen (secondary N) is 3. The van der Waals surface area contributed by atoms with Crippen LogP contribution in [0.25, 0.3) is 10.9 Å². The van der Waals surface area contributed by atoms with E-state index < -0.39 is 22.0 Å². The fourth-order valence-electron chi connectivity index (χ4n) is 2.72. The Bertz CT molecular complexity index is 1120. The maximum absolute atomic E-state index is 12.9. The van der Waals surface area contributed by atoms with Crippen molar-refractivity contribution in [2.24, 2.45) is 0 Å². The van der Waals surface area contributed by atoms with Gasteiger partial charge in [0, 0.05) is 18.1 Å². The zero-order valence-corrected chi connectivity index (χ0v) is 15.4. The van der Waals surface area contributed by atoms with Gasteiger partial charge in [0.1, 0.15) is 6.04 Å². The van der Waals surface area contributed by atoms with E-state index >= 15 is 0 Å². The van der Waals surface area contributed by atoms with Crippen molar-refractivity contribution in [2.75, 3.05) is 6.54 Å². The van der Waals surface area contributed by atoms with E-state index in [9.17, 15) is 18.0 Å². The van der Waals surface area contributed by atoms with Crippen LogP contribution in [-0.2, 0) is 14.8 Å². The highest BCUT2D eigenvalue weighted by atomic mass is 32.2. The number of aromatic nitrogens is 1. The zero-order valence-electron chi connectivity index (χ0n) is 14.6. The van der Waals surface area contributed by atoms with Crippen LogP contribution < -0.4 is 15.6 Å². The number of sulfonamides is 1. The van der Waals surface area contributed by atoms with Gasteiger partial charge in [-0.05, 0) is 42.1 Å². The molecule has 0 saturated carbocycles. The van der Waals surface area contributed by atoms with Crippen molar-refractivity contribution in [1.82, 2.24) is 15.0 Å². The van der Waals surface area contributed by atoms with Crippen LogP contribution >= 0.6 is 0 Å². The van der Waals surface area contributed by atoms with Gasteiger partial charge in [0.2, 0.25) is 21.5 Å². The fourth-order valence-corrected chi connectivity index (χ4v) is 3.94. The Hall–Kier alpha value is -2.97. The van der Waals surface area contributed by atoms with Gasteiger partial charge >= 0.3 is 0 Å². The van der Waals surface area contributed by atoms with Gasteiger partial charge in [0.05, 0.1) is 4.90 Å². The zero-order chi connectivity index (χ0) is 19.4. The maximum atomic E-state index is 12.9. The fraction of sp³-hybridized carbons (Fsp3) is 0.158. The van der Waals surface area contributed by atoms with Crippen LogP contribution in [0.3, 0.4) is 0 Å². The smallest absolute Gasteiger partial charge is 0.248 e. The number of carbonyl (C=O) groups excluding carboxylic acids is 1. The second-order valence-corrected chi connectivity index (χ2v) is 7.65. The second kappa shape index (κ2) is 7.73. The van der Waals surface area contributed by atoms with E-state index in [1.807, 2.05) is 0 Å². The Balaban J connectivity index is 1.98. The summed E-state index contributed by atoms with van der Waals surface area (Å²) in [5, 5.41) is 3.22. The average molecular weight is 385 g/mol. The number of rotatable bonds is 6. The van der Waals surface area contributed by atoms with Gasteiger partial charge in [-0.3, -0.25) is 9.59 Å². The summed E-state index contributed by atoms with van der Waals surface area (Å²) in [6.07, 6.45) is 0. The van der Waals surface area contributed by atoms with Gasteiger partial charge in [0.15, 0.2) is 0 Å². The predicted octanol–water partition coefficient (Wildman–Crippen LogP) is 1.68. The molecule has 1 atom stereocenters. The van der Waals surface area contributed by atoms with Gasteiger partial charge in [0.25, 0.3) is 0 Å². The first kappa shape index (κ1) is 18.8. The third-order valence-corrected chi connectivity index (χ3v) is 5.45. The molecule has 27 heavy (non-hydrogen) atoms. The molecule has 2 aromatic carbocycles. The molecule has 1 aromatic heterocycles. The van der Waals surface area contributed by atoms with Gasteiger partial charge < -0.3 is 10.3 Å². The first-order valence-electron chi connectivity index (χ1n) is 8.39. The molecule has 0 aliphatic rings. The van der Waals surface area contributed by atoms with Crippen LogP contribution in [0.4, 0.5) is 0 Å². The summed E-state index contributed by atoms with van der Waals surface area (Å²) in [5.41, 5.74) is 0.804. The first-order valence-corrected chi connectivity index (χ1v) is 9.87. The lowest BCUT2D eigenvalue weighted by atomic mass is 10.1. The molecule has 0 fully saturated rings. The highest BCUT2D eigenvalue weighted by molar-refractivity contribution is 7.89. The number of hydrogen-bond acceptors (Lipinski definition) is 4. The van der Waals surface area contributed by atoms with Crippen molar-refractivity contribution in [3.8, 4) is 0 Å². The Labute approximate surface area is 156 Å². The number of benzene rings is 2. The van der Waals surface area contributed by atoms with Crippen LogP contribution in [0, 0.1) is 0 Å². The van der Waals surface area contributed by atoms with Crippen LogP contribution in [0.2, 0.25) is 0 Å². The number of hydrogen-bond donors (Lipinski definition) is 3. The quantitative estimate of drug-likeness (QED) is 0.600. The lowest BCUT2D eigenvalue weighted by Gasteiger charge is -2.18. The lowest BCUT2D eigenvalue weighted by molar-refractivity contribution is -0.122. The van der Waals surface area contributed by atoms with Crippen LogP contribution in [0.15, 0.2) is 70.4 Å². The molecule has 3 rings (SSSR count). The molecule has 0 spiro atoms. The summed E-state index contributed by atoms with van der Waals surface area (Å²) in [5.74, 6) is -0.433. The average Bonchev–Trinajstić information content (AvgIpc) is 2.66. The largest absolute Gasteiger partial charge is 0.355 e. The SMILES string of the molecule is CCNC(=O)[C@H](NS(=O)(=O)c1ccc2[nH]c(=O)ccc2c1)c1ccccc1. The second-order valence-electron chi connectivity index (χ2n) is 5.93. The number of H-pyrrole nitrogens is 1. The molecule has 0 aliphatic carbocycles. The number of aromatic amines is 1. The summed E-state index contributed by atoms with van der Waals surface area (Å²) in [6.45, 7) is 2.14. The molecular weight excluding hydrogens is 366 g/mol. The van der Waals surface area contributed by atoms with E-state index in [2.05, 4.69) is 15.0 Å². The monoisotopic (exact) mass is 385 g/mol. The van der Waals surface area contributed by atoms with E-state index in [-0.39, 0.29) is 10.5 Å². The van der Waals surface area contributed by atoms with Crippen LogP contribution in [0.5, 0.6) is 0 Å². The van der Waals surface area contributed by atoms with E-state index in [1.165, 1.54) is 24.3 Å². The molecule has 140 valence electrons. The number of fused-ring (bicyclic) bond motifs is 1. The Morgan fingerprint density at radius 1 is 1.07 bits per heavy atom. The summed E-state index contributed by atoms with van der Waals surface area (Å²) in [6, 6.07) is 14.8. The molecule has 3 aromatic rings. The first-order chi connectivity index (χ1) is 12.9. The van der Waals surface area contributed by atoms with Crippen LogP contribution in [0.1, 0.15) is 18.5 Å². The van der Waals surface area contributed by atoms with Crippen molar-refractivity contribution < 1.29 is 13.2 Å². The summed E-state index contributed by atoms with van der Waals surface area (Å²) < 4.78 is 28.2. The summed E-state index contributed by atoms with van der Waals surface area (Å²) >= 11 is 0. The number of carbonyl (C=O) groups is 1. The van der Waals surface area contributed by atoms with Gasteiger partial charge in [-0.25, -0.2) is 8.42 Å². The normalized spacial score (nSPS) is 12.6. The van der Waals surface area contributed by atoms with Gasteiger partial charge in [-0.2, -0.15) is 4.72 Å². The highest BCUT2D eigenvalue weighted by Crippen LogP contribution is 2.20. The van der Waals surface area contributed by atoms with E-state index in [4.69, 9.17) is 0 Å². The minimum Gasteiger partial charge on any atom is -0.355 e. The molecule has 0 aliphatic heterocycles. The van der Waals surface area contributed by atoms with Crippen molar-refractivity contribution in [3.05, 3.63) is 76.6 Å². The highest BCUT2D eigenvalue weighted by Gasteiger charge is 2.27. The van der Waals surface area contributed by atoms with Crippen molar-refractivity contribution in [1.29, 1.82) is 0 Å². The molecule has 0 bridgehead atoms. The predicted molar refractivity (Wildman–Crippen MR) is 103 cm³/mol. The van der Waals surface area contributed by atoms with E-state index in [1.54, 1.807) is 43.3 Å². The number of amides is 1. The van der Waals surface area contributed by atoms with Gasteiger partial charge in [-0.1, -0.05) is 30.3 Å². The lowest BCUT2D eigenvalue weighted by Crippen LogP contribution is -2.40. The van der Waals surface area contributed by atoms with E-state index in [0.717, 1.165) is 0 Å². The van der Waals surface area contributed by atoms with Crippen molar-refractivity contribution in [2.45, 2.75) is 17.9 Å². The third kappa shape index (κ3) is 4.24. The minimum absolute atomic E-state index is 0.00674. The molecule has 8 heteroatoms. The molecular formula is C19H19N3O4S. The van der Waals surface area contributed by atoms with Gasteiger partial charge in [-0.15, -0.1) is 0 Å². The molecule has 1 heterocycles. The standard InChI is InChI=1S/C19H19N3O4S/c1-2-20-19(24)18(13-6-4-3-5-7-13)22-27(25,26)15-9-10-16-14(12-15)8-11-17(23)21-16/h3-12,18,22H,2H2,1H3,(H,20,24)(H,21,23)/t18-/m1/s1. The Morgan fingerprint density at radius 3 is 2.52 bits per heavy atom. The Kier molecular flexibility index (Phi) is 5.38. The molecule has 1 amide bonds. The van der Waals surface area contributed by atoms with E-state index in [0.29, 0.717) is 23.0 Å². The molecule has 7 nitrogen and oxygen atoms in total. The third-order valence-electron chi connectivity index (χ3n) is 4.02. The number of likely N-dealkylation sites (N-methyl/N-ethyl adjacent to an activating group) is 1. The molecule has 0 radical (unpaired) electrons. The summed E-state index contributed by atoms with van der Waals surface area (Å²) in [4.78, 5) is 26.4. The molecule has 3 N–H and O–H groups in total. The molecule has 0 unspecified atom stereocenters. The molecule has 0 saturated heterocycles. The summed E-state index contributed by atoms with van der Waals surface area (Å²) in [7, 11) is -3.98. The van der Waals surface area contributed by atoms with Crippen LogP contribution in [-0.4, -0.2) is 25.9 Å².